The number of benzene rings is 1. The SMILES string of the molecule is CN(C)[C@@H]1CN(C(=O)CCC2CCCCC2)CC[C@]1(O)c1ccccc1. The molecule has 1 amide bonds. The second kappa shape index (κ2) is 8.53. The first-order chi connectivity index (χ1) is 12.5. The number of nitrogens with zero attached hydrogens (tertiary/aromatic N) is 2. The number of likely N-dealkylation sites (N-methyl/N-ethyl adjacent to an activating group) is 1. The number of likely N-dealkylation sites (tertiary alicyclic amines) is 1. The van der Waals surface area contributed by atoms with E-state index in [-0.39, 0.29) is 11.9 Å². The van der Waals surface area contributed by atoms with Crippen molar-refractivity contribution in [2.45, 2.75) is 63.0 Å². The molecule has 1 saturated heterocycles. The molecule has 4 heteroatoms. The third-order valence-corrected chi connectivity index (χ3v) is 6.45. The van der Waals surface area contributed by atoms with Gasteiger partial charge in [0.1, 0.15) is 5.60 Å². The Morgan fingerprint density at radius 3 is 2.54 bits per heavy atom. The van der Waals surface area contributed by atoms with Crippen molar-refractivity contribution >= 4 is 5.91 Å². The lowest BCUT2D eigenvalue weighted by Crippen LogP contribution is -2.60. The monoisotopic (exact) mass is 358 g/mol. The lowest BCUT2D eigenvalue weighted by Gasteiger charge is -2.47. The molecule has 144 valence electrons. The molecule has 1 aliphatic heterocycles. The zero-order chi connectivity index (χ0) is 18.6. The summed E-state index contributed by atoms with van der Waals surface area (Å²) in [4.78, 5) is 16.8. The highest BCUT2D eigenvalue weighted by atomic mass is 16.3. The number of carbonyl (C=O) groups excluding carboxylic acids is 1. The number of rotatable bonds is 5. The van der Waals surface area contributed by atoms with Crippen LogP contribution < -0.4 is 0 Å². The highest BCUT2D eigenvalue weighted by Gasteiger charge is 2.44. The van der Waals surface area contributed by atoms with Gasteiger partial charge in [0.15, 0.2) is 0 Å². The highest BCUT2D eigenvalue weighted by Crippen LogP contribution is 2.36. The van der Waals surface area contributed by atoms with Gasteiger partial charge in [-0.25, -0.2) is 0 Å². The van der Waals surface area contributed by atoms with Crippen molar-refractivity contribution < 1.29 is 9.90 Å². The molecule has 0 radical (unpaired) electrons. The molecule has 2 atom stereocenters. The topological polar surface area (TPSA) is 43.8 Å². The summed E-state index contributed by atoms with van der Waals surface area (Å²) in [6.07, 6.45) is 8.89. The second-order valence-corrected chi connectivity index (χ2v) is 8.40. The number of hydrogen-bond donors (Lipinski definition) is 1. The van der Waals surface area contributed by atoms with Crippen molar-refractivity contribution in [1.29, 1.82) is 0 Å². The van der Waals surface area contributed by atoms with Crippen molar-refractivity contribution in [3.05, 3.63) is 35.9 Å². The third-order valence-electron chi connectivity index (χ3n) is 6.45. The highest BCUT2D eigenvalue weighted by molar-refractivity contribution is 5.76. The number of aliphatic hydroxyl groups is 1. The van der Waals surface area contributed by atoms with Gasteiger partial charge in [0.2, 0.25) is 5.91 Å². The Hall–Kier alpha value is -1.39. The van der Waals surface area contributed by atoms with Gasteiger partial charge in [-0.2, -0.15) is 0 Å². The number of piperidine rings is 1. The molecular formula is C22H34N2O2. The normalized spacial score (nSPS) is 27.7. The predicted octanol–water partition coefficient (Wildman–Crippen LogP) is 3.40. The van der Waals surface area contributed by atoms with Gasteiger partial charge >= 0.3 is 0 Å². The molecule has 0 bridgehead atoms. The Labute approximate surface area is 158 Å². The number of hydrogen-bond acceptors (Lipinski definition) is 3. The van der Waals surface area contributed by atoms with Crippen molar-refractivity contribution in [1.82, 2.24) is 9.80 Å². The largest absolute Gasteiger partial charge is 0.383 e. The van der Waals surface area contributed by atoms with Gasteiger partial charge in [-0.15, -0.1) is 0 Å². The van der Waals surface area contributed by atoms with E-state index in [0.717, 1.165) is 17.9 Å². The molecule has 1 saturated carbocycles. The maximum atomic E-state index is 12.8. The molecule has 26 heavy (non-hydrogen) atoms. The van der Waals surface area contributed by atoms with Crippen molar-refractivity contribution in [3.63, 3.8) is 0 Å². The quantitative estimate of drug-likeness (QED) is 0.877. The van der Waals surface area contributed by atoms with Crippen LogP contribution in [0.2, 0.25) is 0 Å². The first-order valence-electron chi connectivity index (χ1n) is 10.2. The zero-order valence-corrected chi connectivity index (χ0v) is 16.4. The minimum Gasteiger partial charge on any atom is -0.383 e. The van der Waals surface area contributed by atoms with Crippen molar-refractivity contribution in [2.24, 2.45) is 5.92 Å². The van der Waals surface area contributed by atoms with Crippen LogP contribution >= 0.6 is 0 Å². The van der Waals surface area contributed by atoms with Gasteiger partial charge in [0.25, 0.3) is 0 Å². The molecule has 1 aliphatic carbocycles. The van der Waals surface area contributed by atoms with Crippen molar-refractivity contribution in [2.75, 3.05) is 27.2 Å². The van der Waals surface area contributed by atoms with Gasteiger partial charge in [0.05, 0.1) is 6.04 Å². The Kier molecular flexibility index (Phi) is 6.36. The molecule has 0 unspecified atom stereocenters. The van der Waals surface area contributed by atoms with Crippen LogP contribution in [0, 0.1) is 5.92 Å². The van der Waals surface area contributed by atoms with Gasteiger partial charge in [-0.05, 0) is 38.4 Å². The number of carbonyl (C=O) groups is 1. The molecule has 1 aromatic carbocycles. The minimum atomic E-state index is -0.898. The van der Waals surface area contributed by atoms with Crippen molar-refractivity contribution in [3.8, 4) is 0 Å². The van der Waals surface area contributed by atoms with E-state index in [1.807, 2.05) is 49.3 Å². The van der Waals surface area contributed by atoms with E-state index in [2.05, 4.69) is 4.90 Å². The maximum Gasteiger partial charge on any atom is 0.222 e. The molecule has 4 nitrogen and oxygen atoms in total. The van der Waals surface area contributed by atoms with Gasteiger partial charge in [0, 0.05) is 19.5 Å². The fraction of sp³-hybridized carbons (Fsp3) is 0.682. The van der Waals surface area contributed by atoms with Crippen LogP contribution in [-0.2, 0) is 10.4 Å². The Morgan fingerprint density at radius 2 is 1.88 bits per heavy atom. The van der Waals surface area contributed by atoms with E-state index >= 15 is 0 Å². The fourth-order valence-electron chi connectivity index (χ4n) is 4.77. The van der Waals surface area contributed by atoms with Crippen LogP contribution in [0.4, 0.5) is 0 Å². The first-order valence-corrected chi connectivity index (χ1v) is 10.2. The van der Waals surface area contributed by atoms with Gasteiger partial charge in [-0.3, -0.25) is 4.79 Å². The second-order valence-electron chi connectivity index (χ2n) is 8.40. The maximum absolute atomic E-state index is 12.8. The minimum absolute atomic E-state index is 0.0859. The summed E-state index contributed by atoms with van der Waals surface area (Å²) in [6, 6.07) is 9.83. The molecule has 1 aromatic rings. The average Bonchev–Trinajstić information content (AvgIpc) is 2.67. The molecule has 1 heterocycles. The summed E-state index contributed by atoms with van der Waals surface area (Å²) < 4.78 is 0. The van der Waals surface area contributed by atoms with Crippen LogP contribution in [-0.4, -0.2) is 54.0 Å². The summed E-state index contributed by atoms with van der Waals surface area (Å²) in [5.41, 5.74) is 0.0539. The van der Waals surface area contributed by atoms with Gasteiger partial charge in [-0.1, -0.05) is 62.4 Å². The third kappa shape index (κ3) is 4.29. The van der Waals surface area contributed by atoms with Crippen LogP contribution in [0.1, 0.15) is 56.9 Å². The Morgan fingerprint density at radius 1 is 1.19 bits per heavy atom. The first kappa shape index (κ1) is 19.4. The molecule has 1 N–H and O–H groups in total. The van der Waals surface area contributed by atoms with E-state index in [0.29, 0.717) is 25.9 Å². The van der Waals surface area contributed by atoms with Crippen LogP contribution in [0.15, 0.2) is 30.3 Å². The summed E-state index contributed by atoms with van der Waals surface area (Å²) in [5, 5.41) is 11.4. The van der Waals surface area contributed by atoms with E-state index in [1.54, 1.807) is 0 Å². The lowest BCUT2D eigenvalue weighted by atomic mass is 9.79. The molecule has 2 fully saturated rings. The van der Waals surface area contributed by atoms with E-state index < -0.39 is 5.60 Å². The van der Waals surface area contributed by atoms with Crippen LogP contribution in [0.3, 0.4) is 0 Å². The Balaban J connectivity index is 1.63. The average molecular weight is 359 g/mol. The van der Waals surface area contributed by atoms with Crippen LogP contribution in [0.25, 0.3) is 0 Å². The predicted molar refractivity (Wildman–Crippen MR) is 105 cm³/mol. The Bertz CT molecular complexity index is 583. The summed E-state index contributed by atoms with van der Waals surface area (Å²) >= 11 is 0. The smallest absolute Gasteiger partial charge is 0.222 e. The molecular weight excluding hydrogens is 324 g/mol. The lowest BCUT2D eigenvalue weighted by molar-refractivity contribution is -0.142. The standard InChI is InChI=1S/C22H34N2O2/c1-23(2)20-17-24(21(25)14-13-18-9-5-3-6-10-18)16-15-22(20,26)19-11-7-4-8-12-19/h4,7-8,11-12,18,20,26H,3,5-6,9-10,13-17H2,1-2H3/t20-,22+/m1/s1. The summed E-state index contributed by atoms with van der Waals surface area (Å²) in [7, 11) is 3.99. The van der Waals surface area contributed by atoms with Crippen LogP contribution in [0.5, 0.6) is 0 Å². The molecule has 3 rings (SSSR count). The van der Waals surface area contributed by atoms with Gasteiger partial charge < -0.3 is 14.9 Å². The summed E-state index contributed by atoms with van der Waals surface area (Å²) in [5.74, 6) is 1.00. The van der Waals surface area contributed by atoms with E-state index in [9.17, 15) is 9.90 Å². The molecule has 0 spiro atoms. The zero-order valence-electron chi connectivity index (χ0n) is 16.4. The molecule has 2 aliphatic rings. The number of amides is 1. The fourth-order valence-corrected chi connectivity index (χ4v) is 4.77. The molecule has 0 aromatic heterocycles. The van der Waals surface area contributed by atoms with E-state index in [4.69, 9.17) is 0 Å². The van der Waals surface area contributed by atoms with E-state index in [1.165, 1.54) is 32.1 Å². The summed E-state index contributed by atoms with van der Waals surface area (Å²) in [6.45, 7) is 1.24.